The number of amides is 1. The van der Waals surface area contributed by atoms with Gasteiger partial charge in [-0.05, 0) is 44.3 Å². The van der Waals surface area contributed by atoms with E-state index in [1.165, 1.54) is 4.90 Å². The van der Waals surface area contributed by atoms with Crippen LogP contribution in [-0.4, -0.2) is 62.1 Å². The highest BCUT2D eigenvalue weighted by molar-refractivity contribution is 5.85. The van der Waals surface area contributed by atoms with E-state index < -0.39 is 31.0 Å². The van der Waals surface area contributed by atoms with Gasteiger partial charge in [0.1, 0.15) is 6.61 Å². The zero-order valence-corrected chi connectivity index (χ0v) is 18.5. The highest BCUT2D eigenvalue weighted by Crippen LogP contribution is 2.25. The topological polar surface area (TPSA) is 60.0 Å². The molecule has 2 aliphatic heterocycles. The van der Waals surface area contributed by atoms with Crippen molar-refractivity contribution in [2.75, 3.05) is 26.2 Å². The third-order valence-corrected chi connectivity index (χ3v) is 4.79. The third kappa shape index (κ3) is 12.9. The Labute approximate surface area is 193 Å². The summed E-state index contributed by atoms with van der Waals surface area (Å²) in [5.74, 6) is 0. The number of alkyl halides is 6. The number of halogens is 7. The van der Waals surface area contributed by atoms with Crippen LogP contribution in [0.25, 0.3) is 0 Å². The monoisotopic (exact) mass is 508 g/mol. The number of rotatable bonds is 4. The van der Waals surface area contributed by atoms with Gasteiger partial charge in [-0.3, -0.25) is 9.47 Å². The molecule has 0 bridgehead atoms. The van der Waals surface area contributed by atoms with Crippen LogP contribution in [0.1, 0.15) is 31.2 Å². The van der Waals surface area contributed by atoms with E-state index in [2.05, 4.69) is 14.8 Å². The molecule has 2 heterocycles. The van der Waals surface area contributed by atoms with E-state index in [1.54, 1.807) is 0 Å². The van der Waals surface area contributed by atoms with E-state index in [0.717, 1.165) is 5.56 Å². The lowest BCUT2D eigenvalue weighted by Crippen LogP contribution is -2.42. The van der Waals surface area contributed by atoms with E-state index in [4.69, 9.17) is 4.74 Å². The largest absolute Gasteiger partial charge is 0.522 e. The highest BCUT2D eigenvalue weighted by atomic mass is 35.5. The summed E-state index contributed by atoms with van der Waals surface area (Å²) >= 11 is 0. The maximum atomic E-state index is 12.1. The van der Waals surface area contributed by atoms with Gasteiger partial charge in [-0.2, -0.15) is 0 Å². The lowest BCUT2D eigenvalue weighted by Gasteiger charge is -2.31. The smallest absolute Gasteiger partial charge is 0.445 e. The number of hydrogen-bond donors (Lipinski definition) is 1. The molecule has 6 nitrogen and oxygen atoms in total. The number of benzene rings is 1. The van der Waals surface area contributed by atoms with E-state index in [1.807, 2.05) is 30.3 Å². The molecule has 13 heteroatoms. The molecule has 2 aliphatic rings. The van der Waals surface area contributed by atoms with Gasteiger partial charge in [-0.1, -0.05) is 30.3 Å². The Hall–Kier alpha value is -1.76. The summed E-state index contributed by atoms with van der Waals surface area (Å²) in [7, 11) is 0. The molecule has 0 aromatic heterocycles. The van der Waals surface area contributed by atoms with Crippen molar-refractivity contribution in [3.05, 3.63) is 35.9 Å². The Bertz CT molecular complexity index is 679. The van der Waals surface area contributed by atoms with Gasteiger partial charge in [-0.25, -0.2) is 4.79 Å². The number of hydrogen-bond acceptors (Lipinski definition) is 5. The van der Waals surface area contributed by atoms with Crippen LogP contribution in [0.5, 0.6) is 0 Å². The lowest BCUT2D eigenvalue weighted by atomic mass is 10.1. The molecule has 2 saturated heterocycles. The molecule has 0 spiro atoms. The first-order valence-electron chi connectivity index (χ1n) is 10.2. The average molecular weight is 509 g/mol. The fourth-order valence-electron chi connectivity index (χ4n) is 3.26. The van der Waals surface area contributed by atoms with Gasteiger partial charge in [0.2, 0.25) is 0 Å². The molecule has 0 unspecified atom stereocenters. The Morgan fingerprint density at radius 3 is 1.85 bits per heavy atom. The maximum Gasteiger partial charge on any atom is 0.522 e. The number of piperidine rings is 2. The minimum Gasteiger partial charge on any atom is -0.445 e. The van der Waals surface area contributed by atoms with Crippen LogP contribution in [0, 0.1) is 0 Å². The first-order valence-corrected chi connectivity index (χ1v) is 10.2. The molecule has 1 aromatic rings. The molecule has 0 saturated carbocycles. The third-order valence-electron chi connectivity index (χ3n) is 4.79. The second kappa shape index (κ2) is 13.8. The molecule has 1 amide bonds. The van der Waals surface area contributed by atoms with Crippen molar-refractivity contribution >= 4 is 18.5 Å². The Morgan fingerprint density at radius 1 is 0.879 bits per heavy atom. The fraction of sp³-hybridized carbons (Fsp3) is 0.650. The predicted octanol–water partition coefficient (Wildman–Crippen LogP) is 5.02. The van der Waals surface area contributed by atoms with Gasteiger partial charge in [0, 0.05) is 13.1 Å². The van der Waals surface area contributed by atoms with E-state index in [9.17, 15) is 31.1 Å². The van der Waals surface area contributed by atoms with Crippen LogP contribution in [0.3, 0.4) is 0 Å². The SMILES string of the molecule is Cl.FC(F)(F)OC1CCNCC1.O=C(OCc1ccccc1)N1CCC(OC(F)(F)F)CC1. The van der Waals surface area contributed by atoms with Gasteiger partial charge in [0.05, 0.1) is 12.2 Å². The number of ether oxygens (including phenoxy) is 3. The molecule has 33 heavy (non-hydrogen) atoms. The number of carbonyl (C=O) groups is 1. The van der Waals surface area contributed by atoms with Gasteiger partial charge in [0.15, 0.2) is 0 Å². The van der Waals surface area contributed by atoms with Crippen LogP contribution in [0.4, 0.5) is 31.1 Å². The predicted molar refractivity (Wildman–Crippen MR) is 109 cm³/mol. The first-order chi connectivity index (χ1) is 15.0. The van der Waals surface area contributed by atoms with Crippen molar-refractivity contribution in [1.29, 1.82) is 0 Å². The first kappa shape index (κ1) is 29.3. The summed E-state index contributed by atoms with van der Waals surface area (Å²) in [5, 5.41) is 2.95. The standard InChI is InChI=1S/C14H16F3NO3.C6H10F3NO.ClH/c15-14(16,17)21-12-6-8-18(9-7-12)13(19)20-10-11-4-2-1-3-5-11;7-6(8,9)11-5-1-3-10-4-2-5;/h1-5,12H,6-10H2;5,10H,1-4H2;1H. The van der Waals surface area contributed by atoms with E-state index in [0.29, 0.717) is 25.9 Å². The number of nitrogens with zero attached hydrogens (tertiary/aromatic N) is 1. The minimum absolute atomic E-state index is 0. The summed E-state index contributed by atoms with van der Waals surface area (Å²) in [5.41, 5.74) is 0.862. The molecule has 1 aromatic carbocycles. The van der Waals surface area contributed by atoms with Crippen molar-refractivity contribution in [3.8, 4) is 0 Å². The summed E-state index contributed by atoms with van der Waals surface area (Å²) in [6, 6.07) is 9.19. The summed E-state index contributed by atoms with van der Waals surface area (Å²) in [4.78, 5) is 13.2. The molecule has 190 valence electrons. The van der Waals surface area contributed by atoms with E-state index in [-0.39, 0.29) is 44.9 Å². The number of nitrogens with one attached hydrogen (secondary N) is 1. The average Bonchev–Trinajstić information content (AvgIpc) is 2.72. The zero-order chi connectivity index (χ0) is 23.6. The summed E-state index contributed by atoms with van der Waals surface area (Å²) < 4.78 is 83.9. The maximum absolute atomic E-state index is 12.1. The molecule has 0 radical (unpaired) electrons. The second-order valence-corrected chi connectivity index (χ2v) is 7.30. The van der Waals surface area contributed by atoms with Crippen molar-refractivity contribution in [2.45, 2.75) is 57.2 Å². The van der Waals surface area contributed by atoms with Crippen LogP contribution in [0.15, 0.2) is 30.3 Å². The number of carbonyl (C=O) groups excluding carboxylic acids is 1. The minimum atomic E-state index is -4.62. The zero-order valence-electron chi connectivity index (χ0n) is 17.7. The van der Waals surface area contributed by atoms with Crippen LogP contribution in [0.2, 0.25) is 0 Å². The van der Waals surface area contributed by atoms with Crippen LogP contribution < -0.4 is 5.32 Å². The molecule has 3 rings (SSSR count). The molecular weight excluding hydrogens is 482 g/mol. The quantitative estimate of drug-likeness (QED) is 0.579. The summed E-state index contributed by atoms with van der Waals surface area (Å²) in [6.45, 7) is 1.78. The van der Waals surface area contributed by atoms with Crippen molar-refractivity contribution < 1.29 is 45.3 Å². The summed E-state index contributed by atoms with van der Waals surface area (Å²) in [6.07, 6.45) is -9.94. The van der Waals surface area contributed by atoms with Crippen LogP contribution >= 0.6 is 12.4 Å². The molecule has 0 aliphatic carbocycles. The Kier molecular flexibility index (Phi) is 12.3. The highest BCUT2D eigenvalue weighted by Gasteiger charge is 2.36. The molecule has 2 fully saturated rings. The van der Waals surface area contributed by atoms with Crippen LogP contribution in [-0.2, 0) is 20.8 Å². The van der Waals surface area contributed by atoms with Gasteiger partial charge >= 0.3 is 18.8 Å². The lowest BCUT2D eigenvalue weighted by molar-refractivity contribution is -0.346. The molecule has 0 atom stereocenters. The Morgan fingerprint density at radius 2 is 1.36 bits per heavy atom. The Balaban J connectivity index is 0.000000385. The molecule has 1 N–H and O–H groups in total. The van der Waals surface area contributed by atoms with E-state index >= 15 is 0 Å². The van der Waals surface area contributed by atoms with Gasteiger partial charge < -0.3 is 15.0 Å². The van der Waals surface area contributed by atoms with Crippen molar-refractivity contribution in [2.24, 2.45) is 0 Å². The normalized spacial score (nSPS) is 18.1. The van der Waals surface area contributed by atoms with Crippen molar-refractivity contribution in [3.63, 3.8) is 0 Å². The van der Waals surface area contributed by atoms with Gasteiger partial charge in [0.25, 0.3) is 0 Å². The van der Waals surface area contributed by atoms with Crippen molar-refractivity contribution in [1.82, 2.24) is 10.2 Å². The van der Waals surface area contributed by atoms with Gasteiger partial charge in [-0.15, -0.1) is 38.7 Å². The molecular formula is C20H27ClF6N2O4. The number of likely N-dealkylation sites (tertiary alicyclic amines) is 1. The fourth-order valence-corrected chi connectivity index (χ4v) is 3.26. The second-order valence-electron chi connectivity index (χ2n) is 7.30.